The Bertz CT molecular complexity index is 629. The Labute approximate surface area is 128 Å². The number of aromatic nitrogens is 2. The first-order valence-electron chi connectivity index (χ1n) is 7.19. The molecule has 0 aromatic carbocycles. The molecule has 22 heavy (non-hydrogen) atoms. The lowest BCUT2D eigenvalue weighted by molar-refractivity contribution is 0.0609. The largest absolute Gasteiger partial charge is 0.459 e. The maximum Gasteiger partial charge on any atom is 0.287 e. The summed E-state index contributed by atoms with van der Waals surface area (Å²) in [6.07, 6.45) is 5.39. The number of nitrogens with zero attached hydrogens (tertiary/aromatic N) is 2. The smallest absolute Gasteiger partial charge is 0.287 e. The molecule has 1 fully saturated rings. The van der Waals surface area contributed by atoms with E-state index < -0.39 is 0 Å². The van der Waals surface area contributed by atoms with E-state index in [0.717, 1.165) is 12.0 Å². The van der Waals surface area contributed by atoms with E-state index in [2.05, 4.69) is 20.6 Å². The highest BCUT2D eigenvalue weighted by atomic mass is 16.5. The van der Waals surface area contributed by atoms with Gasteiger partial charge in [0.05, 0.1) is 25.0 Å². The van der Waals surface area contributed by atoms with E-state index in [1.807, 2.05) is 6.92 Å². The van der Waals surface area contributed by atoms with Crippen LogP contribution in [0.25, 0.3) is 0 Å². The Hall–Kier alpha value is -2.41. The normalized spacial score (nSPS) is 21.3. The maximum absolute atomic E-state index is 12.3. The number of furan rings is 1. The molecule has 2 aromatic rings. The third kappa shape index (κ3) is 3.25. The Morgan fingerprint density at radius 3 is 3.00 bits per heavy atom. The van der Waals surface area contributed by atoms with E-state index in [9.17, 15) is 4.79 Å². The summed E-state index contributed by atoms with van der Waals surface area (Å²) in [5.41, 5.74) is 0.824. The van der Waals surface area contributed by atoms with Gasteiger partial charge >= 0.3 is 0 Å². The number of hydrogen-bond donors (Lipinski definition) is 2. The fourth-order valence-corrected chi connectivity index (χ4v) is 2.46. The number of anilines is 1. The molecule has 0 aliphatic carbocycles. The number of amides is 1. The minimum Gasteiger partial charge on any atom is -0.459 e. The summed E-state index contributed by atoms with van der Waals surface area (Å²) in [6, 6.07) is 3.45. The van der Waals surface area contributed by atoms with Crippen molar-refractivity contribution in [1.82, 2.24) is 15.3 Å². The number of aryl methyl sites for hydroxylation is 1. The van der Waals surface area contributed by atoms with Crippen LogP contribution in [0.3, 0.4) is 0 Å². The van der Waals surface area contributed by atoms with Gasteiger partial charge < -0.3 is 19.8 Å². The fraction of sp³-hybridized carbons (Fsp3) is 0.400. The molecular weight excluding hydrogens is 284 g/mol. The van der Waals surface area contributed by atoms with Crippen molar-refractivity contribution in [3.05, 3.63) is 42.2 Å². The average molecular weight is 302 g/mol. The van der Waals surface area contributed by atoms with Gasteiger partial charge in [-0.25, -0.2) is 9.97 Å². The second kappa shape index (κ2) is 6.57. The van der Waals surface area contributed by atoms with Crippen molar-refractivity contribution in [1.29, 1.82) is 0 Å². The topological polar surface area (TPSA) is 89.3 Å². The first kappa shape index (κ1) is 14.5. The van der Waals surface area contributed by atoms with Crippen molar-refractivity contribution in [3.8, 4) is 0 Å². The summed E-state index contributed by atoms with van der Waals surface area (Å²) in [5.74, 6) is 0.857. The van der Waals surface area contributed by atoms with Gasteiger partial charge in [0.25, 0.3) is 5.91 Å². The van der Waals surface area contributed by atoms with Gasteiger partial charge in [-0.15, -0.1) is 0 Å². The molecule has 7 heteroatoms. The van der Waals surface area contributed by atoms with Crippen molar-refractivity contribution < 1.29 is 13.9 Å². The molecule has 0 radical (unpaired) electrons. The second-order valence-electron chi connectivity index (χ2n) is 5.22. The molecular formula is C15H18N4O3. The van der Waals surface area contributed by atoms with Crippen LogP contribution in [0.1, 0.15) is 22.5 Å². The van der Waals surface area contributed by atoms with E-state index >= 15 is 0 Å². The molecule has 1 aliphatic rings. The minimum absolute atomic E-state index is 0.0529. The van der Waals surface area contributed by atoms with Crippen LogP contribution in [-0.4, -0.2) is 41.2 Å². The van der Waals surface area contributed by atoms with Gasteiger partial charge in [0.2, 0.25) is 0 Å². The van der Waals surface area contributed by atoms with E-state index in [1.54, 1.807) is 18.3 Å². The lowest BCUT2D eigenvalue weighted by atomic mass is 10.0. The molecule has 0 saturated carbocycles. The summed E-state index contributed by atoms with van der Waals surface area (Å²) in [7, 11) is 0. The first-order valence-corrected chi connectivity index (χ1v) is 7.19. The molecule has 116 valence electrons. The lowest BCUT2D eigenvalue weighted by Crippen LogP contribution is -2.52. The number of ether oxygens (including phenoxy) is 1. The quantitative estimate of drug-likeness (QED) is 0.887. The zero-order valence-electron chi connectivity index (χ0n) is 12.3. The summed E-state index contributed by atoms with van der Waals surface area (Å²) in [4.78, 5) is 20.3. The van der Waals surface area contributed by atoms with E-state index in [4.69, 9.17) is 9.15 Å². The van der Waals surface area contributed by atoms with Crippen LogP contribution >= 0.6 is 0 Å². The molecule has 1 saturated heterocycles. The van der Waals surface area contributed by atoms with E-state index in [0.29, 0.717) is 24.8 Å². The van der Waals surface area contributed by atoms with Crippen molar-refractivity contribution >= 4 is 11.7 Å². The Balaban J connectivity index is 1.67. The first-order chi connectivity index (χ1) is 10.7. The van der Waals surface area contributed by atoms with Crippen LogP contribution in [0.4, 0.5) is 5.82 Å². The maximum atomic E-state index is 12.3. The van der Waals surface area contributed by atoms with Crippen molar-refractivity contribution in [2.24, 2.45) is 0 Å². The van der Waals surface area contributed by atoms with Gasteiger partial charge in [0.15, 0.2) is 5.76 Å². The molecule has 7 nitrogen and oxygen atoms in total. The molecule has 3 heterocycles. The zero-order valence-corrected chi connectivity index (χ0v) is 12.3. The highest BCUT2D eigenvalue weighted by Crippen LogP contribution is 2.15. The molecule has 2 atom stereocenters. The average Bonchev–Trinajstić information content (AvgIpc) is 2.96. The van der Waals surface area contributed by atoms with Crippen molar-refractivity contribution in [2.75, 3.05) is 18.5 Å². The summed E-state index contributed by atoms with van der Waals surface area (Å²) in [6.45, 7) is 2.97. The minimum atomic E-state index is -0.205. The highest BCUT2D eigenvalue weighted by Gasteiger charge is 2.28. The fourth-order valence-electron chi connectivity index (χ4n) is 2.46. The predicted octanol–water partition coefficient (Wildman–Crippen LogP) is 1.38. The highest BCUT2D eigenvalue weighted by molar-refractivity contribution is 5.93. The van der Waals surface area contributed by atoms with Gasteiger partial charge in [0, 0.05) is 18.4 Å². The molecule has 2 N–H and O–H groups in total. The molecule has 1 amide bonds. The van der Waals surface area contributed by atoms with Crippen LogP contribution in [0, 0.1) is 6.92 Å². The SMILES string of the molecule is Cc1ccoc1C(=O)N[C@H]1CCOC[C@H]1Nc1ccncn1. The van der Waals surface area contributed by atoms with Gasteiger partial charge in [-0.1, -0.05) is 0 Å². The molecule has 3 rings (SSSR count). The third-order valence-electron chi connectivity index (χ3n) is 3.66. The monoisotopic (exact) mass is 302 g/mol. The predicted molar refractivity (Wildman–Crippen MR) is 79.6 cm³/mol. The Kier molecular flexibility index (Phi) is 4.34. The number of carbonyl (C=O) groups is 1. The zero-order chi connectivity index (χ0) is 15.4. The van der Waals surface area contributed by atoms with E-state index in [1.165, 1.54) is 12.6 Å². The molecule has 0 spiro atoms. The van der Waals surface area contributed by atoms with Crippen LogP contribution in [0.2, 0.25) is 0 Å². The van der Waals surface area contributed by atoms with Crippen LogP contribution < -0.4 is 10.6 Å². The van der Waals surface area contributed by atoms with Crippen molar-refractivity contribution in [2.45, 2.75) is 25.4 Å². The lowest BCUT2D eigenvalue weighted by Gasteiger charge is -2.32. The summed E-state index contributed by atoms with van der Waals surface area (Å²) < 4.78 is 10.7. The van der Waals surface area contributed by atoms with Gasteiger partial charge in [-0.2, -0.15) is 0 Å². The molecule has 2 aromatic heterocycles. The molecule has 1 aliphatic heterocycles. The van der Waals surface area contributed by atoms with Crippen LogP contribution in [-0.2, 0) is 4.74 Å². The number of carbonyl (C=O) groups excluding carboxylic acids is 1. The summed E-state index contributed by atoms with van der Waals surface area (Å²) >= 11 is 0. The van der Waals surface area contributed by atoms with Gasteiger partial charge in [-0.05, 0) is 25.5 Å². The number of nitrogens with one attached hydrogen (secondary N) is 2. The van der Waals surface area contributed by atoms with Crippen molar-refractivity contribution in [3.63, 3.8) is 0 Å². The van der Waals surface area contributed by atoms with Crippen LogP contribution in [0.5, 0.6) is 0 Å². The Morgan fingerprint density at radius 2 is 2.27 bits per heavy atom. The Morgan fingerprint density at radius 1 is 1.36 bits per heavy atom. The van der Waals surface area contributed by atoms with Gasteiger partial charge in [-0.3, -0.25) is 4.79 Å². The summed E-state index contributed by atoms with van der Waals surface area (Å²) in [5, 5.41) is 6.29. The second-order valence-corrected chi connectivity index (χ2v) is 5.22. The number of hydrogen-bond acceptors (Lipinski definition) is 6. The molecule has 0 bridgehead atoms. The van der Waals surface area contributed by atoms with Crippen LogP contribution in [0.15, 0.2) is 35.3 Å². The standard InChI is InChI=1S/C15H18N4O3/c1-10-3-7-22-14(10)15(20)19-11-4-6-21-8-12(11)18-13-2-5-16-9-17-13/h2-3,5,7,9,11-12H,4,6,8H2,1H3,(H,19,20)(H,16,17,18)/t11-,12+/m0/s1. The number of rotatable bonds is 4. The van der Waals surface area contributed by atoms with E-state index in [-0.39, 0.29) is 18.0 Å². The third-order valence-corrected chi connectivity index (χ3v) is 3.66. The van der Waals surface area contributed by atoms with Gasteiger partial charge in [0.1, 0.15) is 12.1 Å². The molecule has 0 unspecified atom stereocenters.